The summed E-state index contributed by atoms with van der Waals surface area (Å²) in [5, 5.41) is 25.8. The number of hydrogen-bond acceptors (Lipinski definition) is 7. The van der Waals surface area contributed by atoms with Crippen molar-refractivity contribution >= 4 is 29.6 Å². The van der Waals surface area contributed by atoms with E-state index >= 15 is 0 Å². The summed E-state index contributed by atoms with van der Waals surface area (Å²) in [6.07, 6.45) is -0.0569. The van der Waals surface area contributed by atoms with Gasteiger partial charge >= 0.3 is 5.97 Å². The first-order chi connectivity index (χ1) is 14.3. The molecule has 0 radical (unpaired) electrons. The number of primary amides is 1. The zero-order valence-corrected chi connectivity index (χ0v) is 18.4. The largest absolute Gasteiger partial charge is 0.480 e. The minimum Gasteiger partial charge on any atom is -0.480 e. The van der Waals surface area contributed by atoms with Crippen molar-refractivity contribution < 1.29 is 34.2 Å². The molecule has 0 bridgehead atoms. The Morgan fingerprint density at radius 1 is 0.774 bits per heavy atom. The summed E-state index contributed by atoms with van der Waals surface area (Å²) in [5.41, 5.74) is 10.6. The van der Waals surface area contributed by atoms with Crippen LogP contribution in [-0.4, -0.2) is 70.6 Å². The van der Waals surface area contributed by atoms with Gasteiger partial charge in [-0.05, 0) is 24.7 Å². The predicted octanol–water partition coefficient (Wildman–Crippen LogP) is -2.19. The van der Waals surface area contributed by atoms with Crippen LogP contribution in [0.15, 0.2) is 0 Å². The first kappa shape index (κ1) is 28.3. The fraction of sp³-hybridized carbons (Fsp3) is 0.737. The summed E-state index contributed by atoms with van der Waals surface area (Å²) in [4.78, 5) is 59.5. The number of amides is 4. The minimum absolute atomic E-state index is 0.0150. The van der Waals surface area contributed by atoms with Crippen LogP contribution in [-0.2, 0) is 24.0 Å². The second-order valence-corrected chi connectivity index (χ2v) is 8.24. The summed E-state index contributed by atoms with van der Waals surface area (Å²) < 4.78 is 0. The lowest BCUT2D eigenvalue weighted by Gasteiger charge is -2.25. The molecule has 0 rings (SSSR count). The van der Waals surface area contributed by atoms with Gasteiger partial charge < -0.3 is 37.6 Å². The Morgan fingerprint density at radius 2 is 1.19 bits per heavy atom. The van der Waals surface area contributed by atoms with Crippen LogP contribution in [0.25, 0.3) is 0 Å². The second-order valence-electron chi connectivity index (χ2n) is 8.24. The number of aliphatic carboxylic acids is 1. The van der Waals surface area contributed by atoms with Gasteiger partial charge in [0.15, 0.2) is 0 Å². The van der Waals surface area contributed by atoms with Gasteiger partial charge in [0.25, 0.3) is 0 Å². The Kier molecular flexibility index (Phi) is 12.4. The van der Waals surface area contributed by atoms with Crippen LogP contribution in [0.4, 0.5) is 0 Å². The van der Waals surface area contributed by atoms with Crippen LogP contribution in [0, 0.1) is 11.8 Å². The number of carboxylic acids is 1. The van der Waals surface area contributed by atoms with Crippen LogP contribution in [0.5, 0.6) is 0 Å². The van der Waals surface area contributed by atoms with E-state index in [0.29, 0.717) is 0 Å². The summed E-state index contributed by atoms with van der Waals surface area (Å²) in [5.74, 6) is -4.47. The molecule has 0 aliphatic rings. The second kappa shape index (κ2) is 13.5. The third kappa shape index (κ3) is 11.3. The minimum atomic E-state index is -1.42. The number of carbonyl (C=O) groups is 5. The molecule has 0 saturated heterocycles. The zero-order chi connectivity index (χ0) is 24.3. The molecule has 0 aromatic rings. The van der Waals surface area contributed by atoms with E-state index in [4.69, 9.17) is 11.5 Å². The van der Waals surface area contributed by atoms with E-state index in [0.717, 1.165) is 0 Å². The Hall–Kier alpha value is -2.73. The van der Waals surface area contributed by atoms with Gasteiger partial charge in [0, 0.05) is 0 Å². The fourth-order valence-electron chi connectivity index (χ4n) is 2.72. The smallest absolute Gasteiger partial charge is 0.326 e. The molecule has 9 N–H and O–H groups in total. The highest BCUT2D eigenvalue weighted by Gasteiger charge is 2.30. The molecular formula is C19H35N5O7. The highest BCUT2D eigenvalue weighted by Crippen LogP contribution is 2.08. The van der Waals surface area contributed by atoms with Crippen molar-refractivity contribution in [3.8, 4) is 0 Å². The van der Waals surface area contributed by atoms with E-state index in [2.05, 4.69) is 16.0 Å². The number of aliphatic hydroxyl groups excluding tert-OH is 1. The summed E-state index contributed by atoms with van der Waals surface area (Å²) in [6, 6.07) is -4.95. The molecule has 0 spiro atoms. The van der Waals surface area contributed by atoms with Crippen molar-refractivity contribution in [2.45, 2.75) is 71.1 Å². The lowest BCUT2D eigenvalue weighted by atomic mass is 10.0. The van der Waals surface area contributed by atoms with Gasteiger partial charge in [-0.3, -0.25) is 19.2 Å². The number of carbonyl (C=O) groups excluding carboxylic acids is 4. The number of aliphatic hydroxyl groups is 1. The number of nitrogens with one attached hydrogen (secondary N) is 3. The monoisotopic (exact) mass is 445 g/mol. The molecular weight excluding hydrogens is 410 g/mol. The highest BCUT2D eigenvalue weighted by atomic mass is 16.4. The average Bonchev–Trinajstić information content (AvgIpc) is 2.63. The molecule has 4 unspecified atom stereocenters. The van der Waals surface area contributed by atoms with Gasteiger partial charge in [-0.2, -0.15) is 0 Å². The molecule has 0 saturated carbocycles. The van der Waals surface area contributed by atoms with E-state index in [1.54, 1.807) is 27.7 Å². The van der Waals surface area contributed by atoms with Crippen LogP contribution in [0.2, 0.25) is 0 Å². The van der Waals surface area contributed by atoms with E-state index in [1.807, 2.05) is 0 Å². The van der Waals surface area contributed by atoms with Crippen LogP contribution < -0.4 is 27.4 Å². The lowest BCUT2D eigenvalue weighted by Crippen LogP contribution is -2.58. The van der Waals surface area contributed by atoms with Gasteiger partial charge in [0.1, 0.15) is 18.1 Å². The first-order valence-electron chi connectivity index (χ1n) is 10.1. The lowest BCUT2D eigenvalue weighted by molar-refractivity contribution is -0.143. The van der Waals surface area contributed by atoms with Gasteiger partial charge in [0.05, 0.1) is 19.1 Å². The van der Waals surface area contributed by atoms with Crippen LogP contribution >= 0.6 is 0 Å². The quantitative estimate of drug-likeness (QED) is 0.155. The fourth-order valence-corrected chi connectivity index (χ4v) is 2.72. The molecule has 0 aliphatic carbocycles. The molecule has 0 aromatic heterocycles. The summed E-state index contributed by atoms with van der Waals surface area (Å²) in [7, 11) is 0. The highest BCUT2D eigenvalue weighted by molar-refractivity contribution is 5.95. The van der Waals surface area contributed by atoms with Crippen molar-refractivity contribution in [2.24, 2.45) is 23.3 Å². The molecule has 178 valence electrons. The molecule has 0 aromatic carbocycles. The van der Waals surface area contributed by atoms with E-state index in [1.165, 1.54) is 0 Å². The van der Waals surface area contributed by atoms with Gasteiger partial charge in [-0.15, -0.1) is 0 Å². The Bertz CT molecular complexity index is 654. The summed E-state index contributed by atoms with van der Waals surface area (Å²) in [6.45, 7) is 6.39. The topological polar surface area (TPSA) is 214 Å². The SMILES string of the molecule is CC(C)CC(NC(=O)C(CO)NC(=O)C(CC(C)C)NC(=O)C(N)CC(N)=O)C(=O)O. The molecule has 0 heterocycles. The van der Waals surface area contributed by atoms with Crippen molar-refractivity contribution in [1.29, 1.82) is 0 Å². The molecule has 0 fully saturated rings. The van der Waals surface area contributed by atoms with Crippen LogP contribution in [0.1, 0.15) is 47.0 Å². The number of carboxylic acid groups (broad SMARTS) is 1. The number of hydrogen-bond donors (Lipinski definition) is 7. The van der Waals surface area contributed by atoms with E-state index in [9.17, 15) is 34.2 Å². The zero-order valence-electron chi connectivity index (χ0n) is 18.4. The normalized spacial score (nSPS) is 15.0. The molecule has 0 aliphatic heterocycles. The maximum Gasteiger partial charge on any atom is 0.326 e. The molecule has 12 nitrogen and oxygen atoms in total. The number of nitrogens with two attached hydrogens (primary N) is 2. The van der Waals surface area contributed by atoms with Crippen LogP contribution in [0.3, 0.4) is 0 Å². The molecule has 12 heteroatoms. The summed E-state index contributed by atoms with van der Waals surface area (Å²) >= 11 is 0. The Labute approximate surface area is 181 Å². The standard InChI is InChI=1S/C19H35N5O7/c1-9(2)5-12(22-16(27)11(20)7-15(21)26)17(28)24-14(8-25)18(29)23-13(19(30)31)6-10(3)4/h9-14,25H,5-8,20H2,1-4H3,(H2,21,26)(H,22,27)(H,23,29)(H,24,28)(H,30,31). The van der Waals surface area contributed by atoms with Crippen molar-refractivity contribution in [2.75, 3.05) is 6.61 Å². The third-order valence-corrected chi connectivity index (χ3v) is 4.24. The maximum atomic E-state index is 12.7. The average molecular weight is 446 g/mol. The van der Waals surface area contributed by atoms with Gasteiger partial charge in [-0.25, -0.2) is 4.79 Å². The molecule has 4 amide bonds. The molecule has 31 heavy (non-hydrogen) atoms. The van der Waals surface area contributed by atoms with E-state index in [-0.39, 0.29) is 24.7 Å². The van der Waals surface area contributed by atoms with Gasteiger partial charge in [0.2, 0.25) is 23.6 Å². The van der Waals surface area contributed by atoms with Crippen molar-refractivity contribution in [3.05, 3.63) is 0 Å². The Balaban J connectivity index is 5.25. The van der Waals surface area contributed by atoms with Crippen molar-refractivity contribution in [3.63, 3.8) is 0 Å². The number of rotatable bonds is 14. The molecule has 4 atom stereocenters. The Morgan fingerprint density at radius 3 is 1.61 bits per heavy atom. The third-order valence-electron chi connectivity index (χ3n) is 4.24. The first-order valence-corrected chi connectivity index (χ1v) is 10.1. The maximum absolute atomic E-state index is 12.7. The van der Waals surface area contributed by atoms with Crippen molar-refractivity contribution in [1.82, 2.24) is 16.0 Å². The van der Waals surface area contributed by atoms with Gasteiger partial charge in [-0.1, -0.05) is 27.7 Å². The predicted molar refractivity (Wildman–Crippen MR) is 111 cm³/mol. The van der Waals surface area contributed by atoms with E-state index < -0.39 is 66.8 Å².